The molecule has 0 atom stereocenters. The molecule has 69 heavy (non-hydrogen) atoms. The Morgan fingerprint density at radius 3 is 1.39 bits per heavy atom. The van der Waals surface area contributed by atoms with Crippen LogP contribution in [0.15, 0.2) is 267 Å². The quantitative estimate of drug-likeness (QED) is 0.140. The third-order valence-electron chi connectivity index (χ3n) is 13.7. The highest BCUT2D eigenvalue weighted by Gasteiger charge is 2.19. The van der Waals surface area contributed by atoms with Crippen molar-refractivity contribution in [2.75, 3.05) is 4.90 Å². The Kier molecular flexibility index (Phi) is 10.1. The first-order chi connectivity index (χ1) is 34.2. The monoisotopic (exact) mass is 896 g/mol. The molecule has 0 unspecified atom stereocenters. The zero-order chi connectivity index (χ0) is 45.7. The van der Waals surface area contributed by atoms with E-state index in [2.05, 4.69) is 276 Å². The van der Waals surface area contributed by atoms with E-state index in [-0.39, 0.29) is 0 Å². The van der Waals surface area contributed by atoms with E-state index in [1.54, 1.807) is 0 Å². The molecule has 3 heteroatoms. The maximum absolute atomic E-state index is 2.47. The second-order valence-corrected chi connectivity index (χ2v) is 18.7. The fourth-order valence-corrected chi connectivity index (χ4v) is 11.5. The van der Waals surface area contributed by atoms with Gasteiger partial charge < -0.3 is 9.47 Å². The molecule has 13 rings (SSSR count). The van der Waals surface area contributed by atoms with Crippen molar-refractivity contribution in [3.8, 4) is 61.3 Å². The van der Waals surface area contributed by atoms with Gasteiger partial charge in [0.1, 0.15) is 0 Å². The van der Waals surface area contributed by atoms with E-state index in [1.165, 1.54) is 97.6 Å². The Hall–Kier alpha value is -8.76. The van der Waals surface area contributed by atoms with Crippen LogP contribution < -0.4 is 4.90 Å². The summed E-state index contributed by atoms with van der Waals surface area (Å²) in [6.45, 7) is 0. The molecule has 2 heterocycles. The van der Waals surface area contributed by atoms with Gasteiger partial charge in [0.05, 0.1) is 16.7 Å². The zero-order valence-corrected chi connectivity index (χ0v) is 38.5. The van der Waals surface area contributed by atoms with E-state index >= 15 is 0 Å². The lowest BCUT2D eigenvalue weighted by Gasteiger charge is -2.26. The number of benzene rings is 11. The number of para-hydroxylation sites is 3. The van der Waals surface area contributed by atoms with Crippen LogP contribution >= 0.6 is 11.3 Å². The molecule has 2 nitrogen and oxygen atoms in total. The number of rotatable bonds is 9. The summed E-state index contributed by atoms with van der Waals surface area (Å²) in [5.74, 6) is 0. The zero-order valence-electron chi connectivity index (χ0n) is 37.7. The molecule has 0 saturated carbocycles. The Morgan fingerprint density at radius 1 is 0.275 bits per heavy atom. The Balaban J connectivity index is 0.816. The number of hydrogen-bond acceptors (Lipinski definition) is 2. The minimum Gasteiger partial charge on any atom is -0.311 e. The Labute approximate surface area is 405 Å². The molecular formula is C66H44N2S. The molecule has 0 aliphatic rings. The molecule has 2 aromatic heterocycles. The normalized spacial score (nSPS) is 11.5. The first-order valence-electron chi connectivity index (χ1n) is 23.6. The van der Waals surface area contributed by atoms with Crippen LogP contribution in [0.25, 0.3) is 103 Å². The van der Waals surface area contributed by atoms with Crippen LogP contribution in [0.5, 0.6) is 0 Å². The van der Waals surface area contributed by atoms with Crippen LogP contribution in [0.1, 0.15) is 0 Å². The molecule has 0 spiro atoms. The molecule has 0 radical (unpaired) electrons. The fourth-order valence-electron chi connectivity index (χ4n) is 10.2. The summed E-state index contributed by atoms with van der Waals surface area (Å²) in [5, 5.41) is 5.14. The van der Waals surface area contributed by atoms with Gasteiger partial charge in [-0.2, -0.15) is 0 Å². The largest absolute Gasteiger partial charge is 0.311 e. The number of anilines is 3. The van der Waals surface area contributed by atoms with Crippen molar-refractivity contribution in [2.45, 2.75) is 0 Å². The summed E-state index contributed by atoms with van der Waals surface area (Å²) < 4.78 is 5.12. The lowest BCUT2D eigenvalue weighted by atomic mass is 9.98. The van der Waals surface area contributed by atoms with Crippen LogP contribution in [0.2, 0.25) is 0 Å². The topological polar surface area (TPSA) is 8.17 Å². The lowest BCUT2D eigenvalue weighted by Crippen LogP contribution is -2.09. The second-order valence-electron chi connectivity index (χ2n) is 17.7. The Bertz CT molecular complexity index is 3960. The minimum atomic E-state index is 1.10. The van der Waals surface area contributed by atoms with Crippen molar-refractivity contribution in [1.82, 2.24) is 4.57 Å². The van der Waals surface area contributed by atoms with E-state index in [9.17, 15) is 0 Å². The Morgan fingerprint density at radius 2 is 0.725 bits per heavy atom. The number of nitrogens with zero attached hydrogens (tertiary/aromatic N) is 2. The van der Waals surface area contributed by atoms with Gasteiger partial charge >= 0.3 is 0 Å². The predicted octanol–water partition coefficient (Wildman–Crippen LogP) is 19.0. The molecule has 0 amide bonds. The molecule has 0 N–H and O–H groups in total. The highest BCUT2D eigenvalue weighted by atomic mass is 32.1. The molecule has 0 aliphatic carbocycles. The second kappa shape index (κ2) is 17.2. The summed E-state index contributed by atoms with van der Waals surface area (Å²) in [5.41, 5.74) is 18.9. The molecular weight excluding hydrogens is 853 g/mol. The molecule has 324 valence electrons. The predicted molar refractivity (Wildman–Crippen MR) is 296 cm³/mol. The van der Waals surface area contributed by atoms with Crippen LogP contribution in [-0.2, 0) is 0 Å². The van der Waals surface area contributed by atoms with Gasteiger partial charge in [-0.3, -0.25) is 0 Å². The first kappa shape index (κ1) is 40.5. The van der Waals surface area contributed by atoms with Crippen molar-refractivity contribution < 1.29 is 0 Å². The highest BCUT2D eigenvalue weighted by molar-refractivity contribution is 7.26. The van der Waals surface area contributed by atoms with Gasteiger partial charge in [0.2, 0.25) is 0 Å². The number of hydrogen-bond donors (Lipinski definition) is 0. The summed E-state index contributed by atoms with van der Waals surface area (Å²) >= 11 is 1.88. The SMILES string of the molecule is c1ccc(-c2ccc(-c3ccc(N(c4ccccc4)c4ccc(-c5ccc(-c6ccccc6-n6c7ccccc7c7ccc(-c8cccc9c8sc8ccccc89)cc76)cc5)cc4)cc3)cc2)cc1. The van der Waals surface area contributed by atoms with Crippen LogP contribution in [0.3, 0.4) is 0 Å². The van der Waals surface area contributed by atoms with Crippen molar-refractivity contribution >= 4 is 70.4 Å². The molecule has 0 saturated heterocycles. The third kappa shape index (κ3) is 7.28. The molecule has 0 fully saturated rings. The van der Waals surface area contributed by atoms with Gasteiger partial charge in [0.25, 0.3) is 0 Å². The summed E-state index contributed by atoms with van der Waals surface area (Å²) in [6.07, 6.45) is 0. The number of aromatic nitrogens is 1. The average molecular weight is 897 g/mol. The van der Waals surface area contributed by atoms with Crippen molar-refractivity contribution in [2.24, 2.45) is 0 Å². The van der Waals surface area contributed by atoms with Crippen LogP contribution in [0, 0.1) is 0 Å². The average Bonchev–Trinajstić information content (AvgIpc) is 3.98. The molecule has 0 bridgehead atoms. The third-order valence-corrected chi connectivity index (χ3v) is 14.9. The number of fused-ring (bicyclic) bond motifs is 6. The van der Waals surface area contributed by atoms with Gasteiger partial charge in [0, 0.05) is 53.6 Å². The maximum atomic E-state index is 2.47. The van der Waals surface area contributed by atoms with Crippen LogP contribution in [0.4, 0.5) is 17.1 Å². The van der Waals surface area contributed by atoms with E-state index in [0.717, 1.165) is 22.7 Å². The minimum absolute atomic E-state index is 1.10. The number of thiophene rings is 1. The van der Waals surface area contributed by atoms with E-state index in [4.69, 9.17) is 0 Å². The van der Waals surface area contributed by atoms with E-state index in [1.807, 2.05) is 11.3 Å². The summed E-state index contributed by atoms with van der Waals surface area (Å²) in [6, 6.07) is 97.1. The summed E-state index contributed by atoms with van der Waals surface area (Å²) in [4.78, 5) is 2.33. The molecule has 13 aromatic rings. The summed E-state index contributed by atoms with van der Waals surface area (Å²) in [7, 11) is 0. The van der Waals surface area contributed by atoms with Gasteiger partial charge in [-0.05, 0) is 111 Å². The first-order valence-corrected chi connectivity index (χ1v) is 24.4. The maximum Gasteiger partial charge on any atom is 0.0547 e. The standard InChI is InChI=1S/C66H44N2S/c1-3-14-45(15-4-1)46-26-28-47(29-27-46)49-34-39-54(40-35-49)67(53-16-5-2-6-17-53)55-41-36-50(37-42-55)48-30-32-51(33-31-48)56-18-7-10-23-62(56)68-63-24-11-8-19-58(63)59-43-38-52(44-64(59)68)57-21-13-22-61-60-20-9-12-25-65(60)69-66(57)61/h1-44H. The van der Waals surface area contributed by atoms with Gasteiger partial charge in [0.15, 0.2) is 0 Å². The van der Waals surface area contributed by atoms with Gasteiger partial charge in [-0.15, -0.1) is 11.3 Å². The fraction of sp³-hybridized carbons (Fsp3) is 0. The van der Waals surface area contributed by atoms with Crippen molar-refractivity contribution in [3.05, 3.63) is 267 Å². The van der Waals surface area contributed by atoms with Crippen molar-refractivity contribution in [1.29, 1.82) is 0 Å². The van der Waals surface area contributed by atoms with E-state index < -0.39 is 0 Å². The molecule has 0 aliphatic heterocycles. The van der Waals surface area contributed by atoms with Gasteiger partial charge in [-0.1, -0.05) is 206 Å². The highest BCUT2D eigenvalue weighted by Crippen LogP contribution is 2.43. The van der Waals surface area contributed by atoms with Crippen LogP contribution in [-0.4, -0.2) is 4.57 Å². The van der Waals surface area contributed by atoms with Crippen molar-refractivity contribution in [3.63, 3.8) is 0 Å². The molecule has 11 aromatic carbocycles. The smallest absolute Gasteiger partial charge is 0.0547 e. The van der Waals surface area contributed by atoms with E-state index in [0.29, 0.717) is 0 Å². The lowest BCUT2D eigenvalue weighted by molar-refractivity contribution is 1.18. The van der Waals surface area contributed by atoms with Gasteiger partial charge in [-0.25, -0.2) is 0 Å².